The van der Waals surface area contributed by atoms with Crippen molar-refractivity contribution in [3.63, 3.8) is 0 Å². The van der Waals surface area contributed by atoms with Crippen molar-refractivity contribution >= 4 is 0 Å². The number of nitrogens with zero attached hydrogens (tertiary/aromatic N) is 1. The highest BCUT2D eigenvalue weighted by molar-refractivity contribution is 5.23. The molecule has 2 nitrogen and oxygen atoms in total. The van der Waals surface area contributed by atoms with Gasteiger partial charge >= 0.3 is 0 Å². The molecular weight excluding hydrogens is 220 g/mol. The monoisotopic (exact) mass is 246 g/mol. The molecule has 2 N–H and O–H groups in total. The Bertz CT molecular complexity index is 356. The van der Waals surface area contributed by atoms with Gasteiger partial charge in [0.2, 0.25) is 0 Å². The fourth-order valence-electron chi connectivity index (χ4n) is 3.04. The molecule has 18 heavy (non-hydrogen) atoms. The highest BCUT2D eigenvalue weighted by Gasteiger charge is 2.15. The smallest absolute Gasteiger partial charge is 0.0230 e. The summed E-state index contributed by atoms with van der Waals surface area (Å²) in [7, 11) is 2.24. The summed E-state index contributed by atoms with van der Waals surface area (Å²) in [5, 5.41) is 0. The lowest BCUT2D eigenvalue weighted by Crippen LogP contribution is -2.26. The Morgan fingerprint density at radius 1 is 1.17 bits per heavy atom. The molecule has 0 bridgehead atoms. The van der Waals surface area contributed by atoms with Crippen LogP contribution in [0.1, 0.15) is 43.2 Å². The number of benzene rings is 1. The molecular formula is C16H26N2. The van der Waals surface area contributed by atoms with Crippen LogP contribution in [0, 0.1) is 5.92 Å². The largest absolute Gasteiger partial charge is 0.326 e. The van der Waals surface area contributed by atoms with Crippen LogP contribution in [0.25, 0.3) is 0 Å². The third-order valence-corrected chi connectivity index (χ3v) is 3.97. The van der Waals surface area contributed by atoms with E-state index in [1.807, 2.05) is 0 Å². The molecule has 1 aromatic carbocycles. The number of rotatable bonds is 5. The first kappa shape index (κ1) is 13.6. The maximum atomic E-state index is 5.69. The topological polar surface area (TPSA) is 29.3 Å². The van der Waals surface area contributed by atoms with Gasteiger partial charge in [-0.1, -0.05) is 43.5 Å². The molecule has 0 radical (unpaired) electrons. The van der Waals surface area contributed by atoms with Crippen molar-refractivity contribution in [3.8, 4) is 0 Å². The minimum atomic E-state index is 0.639. The van der Waals surface area contributed by atoms with Crippen LogP contribution in [-0.2, 0) is 13.1 Å². The Hall–Kier alpha value is -0.860. The van der Waals surface area contributed by atoms with Crippen molar-refractivity contribution in [1.82, 2.24) is 4.90 Å². The maximum Gasteiger partial charge on any atom is 0.0230 e. The molecule has 1 saturated carbocycles. The summed E-state index contributed by atoms with van der Waals surface area (Å²) >= 11 is 0. The predicted molar refractivity (Wildman–Crippen MR) is 77.2 cm³/mol. The van der Waals surface area contributed by atoms with Gasteiger partial charge < -0.3 is 10.6 Å². The second kappa shape index (κ2) is 6.91. The van der Waals surface area contributed by atoms with E-state index < -0.39 is 0 Å². The number of nitrogens with two attached hydrogens (primary N) is 1. The summed E-state index contributed by atoms with van der Waals surface area (Å²) in [6, 6.07) is 8.66. The molecule has 1 aliphatic rings. The van der Waals surface area contributed by atoms with Crippen molar-refractivity contribution in [2.45, 2.75) is 45.2 Å². The standard InChI is InChI=1S/C16H26N2/c1-18(12-14-6-3-2-4-7-14)13-16-9-5-8-15(10-16)11-17/h5,8-10,14H,2-4,6-7,11-13,17H2,1H3. The van der Waals surface area contributed by atoms with E-state index in [0.717, 1.165) is 12.5 Å². The van der Waals surface area contributed by atoms with Gasteiger partial charge in [0.05, 0.1) is 0 Å². The molecule has 0 amide bonds. The van der Waals surface area contributed by atoms with Crippen molar-refractivity contribution in [2.24, 2.45) is 11.7 Å². The Morgan fingerprint density at radius 3 is 2.61 bits per heavy atom. The van der Waals surface area contributed by atoms with Crippen LogP contribution in [0.4, 0.5) is 0 Å². The Balaban J connectivity index is 1.83. The lowest BCUT2D eigenvalue weighted by Gasteiger charge is -2.27. The zero-order valence-corrected chi connectivity index (χ0v) is 11.6. The van der Waals surface area contributed by atoms with E-state index in [4.69, 9.17) is 5.73 Å². The molecule has 2 heteroatoms. The molecule has 0 atom stereocenters. The van der Waals surface area contributed by atoms with Crippen LogP contribution in [-0.4, -0.2) is 18.5 Å². The highest BCUT2D eigenvalue weighted by Crippen LogP contribution is 2.24. The van der Waals surface area contributed by atoms with Gasteiger partial charge in [0.15, 0.2) is 0 Å². The first-order valence-corrected chi connectivity index (χ1v) is 7.24. The second-order valence-corrected chi connectivity index (χ2v) is 5.72. The predicted octanol–water partition coefficient (Wildman–Crippen LogP) is 3.16. The van der Waals surface area contributed by atoms with Crippen LogP contribution in [0.2, 0.25) is 0 Å². The number of hydrogen-bond donors (Lipinski definition) is 1. The molecule has 0 unspecified atom stereocenters. The van der Waals surface area contributed by atoms with Crippen molar-refractivity contribution < 1.29 is 0 Å². The van der Waals surface area contributed by atoms with Gasteiger partial charge in [-0.05, 0) is 36.9 Å². The average molecular weight is 246 g/mol. The van der Waals surface area contributed by atoms with Crippen LogP contribution in [0.3, 0.4) is 0 Å². The van der Waals surface area contributed by atoms with E-state index in [1.54, 1.807) is 0 Å². The fourth-order valence-corrected chi connectivity index (χ4v) is 3.04. The Morgan fingerprint density at radius 2 is 1.89 bits per heavy atom. The summed E-state index contributed by atoms with van der Waals surface area (Å²) in [5.41, 5.74) is 8.31. The molecule has 2 rings (SSSR count). The average Bonchev–Trinajstić information content (AvgIpc) is 2.40. The van der Waals surface area contributed by atoms with Gasteiger partial charge in [-0.3, -0.25) is 0 Å². The van der Waals surface area contributed by atoms with E-state index in [1.165, 1.54) is 49.8 Å². The molecule has 0 saturated heterocycles. The van der Waals surface area contributed by atoms with Gasteiger partial charge in [0.1, 0.15) is 0 Å². The zero-order chi connectivity index (χ0) is 12.8. The van der Waals surface area contributed by atoms with Crippen LogP contribution < -0.4 is 5.73 Å². The van der Waals surface area contributed by atoms with Gasteiger partial charge in [-0.25, -0.2) is 0 Å². The molecule has 1 aromatic rings. The van der Waals surface area contributed by atoms with Gasteiger partial charge in [-0.2, -0.15) is 0 Å². The van der Waals surface area contributed by atoms with Gasteiger partial charge in [-0.15, -0.1) is 0 Å². The summed E-state index contributed by atoms with van der Waals surface area (Å²) in [4.78, 5) is 2.46. The van der Waals surface area contributed by atoms with Crippen molar-refractivity contribution in [3.05, 3.63) is 35.4 Å². The minimum absolute atomic E-state index is 0.639. The van der Waals surface area contributed by atoms with E-state index >= 15 is 0 Å². The van der Waals surface area contributed by atoms with E-state index in [9.17, 15) is 0 Å². The summed E-state index contributed by atoms with van der Waals surface area (Å²) < 4.78 is 0. The molecule has 100 valence electrons. The van der Waals surface area contributed by atoms with Crippen molar-refractivity contribution in [1.29, 1.82) is 0 Å². The van der Waals surface area contributed by atoms with E-state index in [2.05, 4.69) is 36.2 Å². The van der Waals surface area contributed by atoms with Crippen molar-refractivity contribution in [2.75, 3.05) is 13.6 Å². The van der Waals surface area contributed by atoms with Gasteiger partial charge in [0, 0.05) is 19.6 Å². The summed E-state index contributed by atoms with van der Waals surface area (Å²) in [6.07, 6.45) is 7.15. The molecule has 1 aliphatic carbocycles. The molecule has 0 aliphatic heterocycles. The first-order valence-electron chi connectivity index (χ1n) is 7.24. The van der Waals surface area contributed by atoms with Gasteiger partial charge in [0.25, 0.3) is 0 Å². The fraction of sp³-hybridized carbons (Fsp3) is 0.625. The normalized spacial score (nSPS) is 17.3. The lowest BCUT2D eigenvalue weighted by atomic mass is 9.89. The minimum Gasteiger partial charge on any atom is -0.326 e. The molecule has 1 fully saturated rings. The lowest BCUT2D eigenvalue weighted by molar-refractivity contribution is 0.228. The third kappa shape index (κ3) is 4.11. The van der Waals surface area contributed by atoms with E-state index in [0.29, 0.717) is 6.54 Å². The van der Waals surface area contributed by atoms with Crippen LogP contribution >= 0.6 is 0 Å². The molecule has 0 heterocycles. The van der Waals surface area contributed by atoms with Crippen LogP contribution in [0.15, 0.2) is 24.3 Å². The van der Waals surface area contributed by atoms with Crippen LogP contribution in [0.5, 0.6) is 0 Å². The number of hydrogen-bond acceptors (Lipinski definition) is 2. The summed E-state index contributed by atoms with van der Waals surface area (Å²) in [5.74, 6) is 0.918. The SMILES string of the molecule is CN(Cc1cccc(CN)c1)CC1CCCCC1. The maximum absolute atomic E-state index is 5.69. The molecule has 0 aromatic heterocycles. The molecule has 0 spiro atoms. The Labute approximate surface area is 111 Å². The highest BCUT2D eigenvalue weighted by atomic mass is 15.1. The zero-order valence-electron chi connectivity index (χ0n) is 11.6. The third-order valence-electron chi connectivity index (χ3n) is 3.97. The first-order chi connectivity index (χ1) is 8.78. The quantitative estimate of drug-likeness (QED) is 0.864. The van der Waals surface area contributed by atoms with E-state index in [-0.39, 0.29) is 0 Å². The Kier molecular flexibility index (Phi) is 5.21. The summed E-state index contributed by atoms with van der Waals surface area (Å²) in [6.45, 7) is 2.93. The second-order valence-electron chi connectivity index (χ2n) is 5.72.